The largest absolute Gasteiger partial charge is 0.449 e. The molecule has 5 nitrogen and oxygen atoms in total. The fraction of sp³-hybridized carbons (Fsp3) is 0.526. The van der Waals surface area contributed by atoms with Crippen LogP contribution in [0.1, 0.15) is 44.0 Å². The minimum Gasteiger partial charge on any atom is -0.449 e. The average Bonchev–Trinajstić information content (AvgIpc) is 2.54. The highest BCUT2D eigenvalue weighted by atomic mass is 16.6. The summed E-state index contributed by atoms with van der Waals surface area (Å²) in [6, 6.07) is 6.67. The van der Waals surface area contributed by atoms with Gasteiger partial charge in [0.05, 0.1) is 18.3 Å². The van der Waals surface area contributed by atoms with Gasteiger partial charge in [0.1, 0.15) is 5.78 Å². The summed E-state index contributed by atoms with van der Waals surface area (Å²) in [6.07, 6.45) is 0.139. The lowest BCUT2D eigenvalue weighted by atomic mass is 9.65. The molecule has 5 heteroatoms. The van der Waals surface area contributed by atoms with E-state index in [1.54, 1.807) is 31.2 Å². The van der Waals surface area contributed by atoms with Gasteiger partial charge >= 0.3 is 6.09 Å². The van der Waals surface area contributed by atoms with Crippen molar-refractivity contribution in [2.45, 2.75) is 39.7 Å². The van der Waals surface area contributed by atoms with Crippen molar-refractivity contribution in [3.63, 3.8) is 0 Å². The molecule has 128 valence electrons. The molecule has 1 amide bonds. The molecule has 3 atom stereocenters. The zero-order valence-corrected chi connectivity index (χ0v) is 14.3. The zero-order valence-electron chi connectivity index (χ0n) is 14.3. The second-order valence-electron chi connectivity index (χ2n) is 6.90. The molecular formula is C19H23NO4. The highest BCUT2D eigenvalue weighted by Crippen LogP contribution is 2.44. The van der Waals surface area contributed by atoms with E-state index in [0.717, 1.165) is 0 Å². The van der Waals surface area contributed by atoms with E-state index >= 15 is 0 Å². The number of benzene rings is 1. The molecule has 3 rings (SSSR count). The summed E-state index contributed by atoms with van der Waals surface area (Å²) in [5, 5.41) is 0. The van der Waals surface area contributed by atoms with Crippen LogP contribution in [0.25, 0.3) is 0 Å². The summed E-state index contributed by atoms with van der Waals surface area (Å²) in [5.41, 5.74) is 1.10. The summed E-state index contributed by atoms with van der Waals surface area (Å²) < 4.78 is 5.22. The van der Waals surface area contributed by atoms with Crippen molar-refractivity contribution >= 4 is 23.3 Å². The van der Waals surface area contributed by atoms with Gasteiger partial charge in [0.25, 0.3) is 0 Å². The molecule has 0 saturated heterocycles. The van der Waals surface area contributed by atoms with Crippen LogP contribution in [0.3, 0.4) is 0 Å². The highest BCUT2D eigenvalue weighted by molar-refractivity contribution is 6.10. The Morgan fingerprint density at radius 1 is 1.25 bits per heavy atom. The number of hydrogen-bond donors (Lipinski definition) is 0. The van der Waals surface area contributed by atoms with Crippen molar-refractivity contribution in [3.05, 3.63) is 29.8 Å². The number of hydrogen-bond acceptors (Lipinski definition) is 4. The molecule has 1 aliphatic carbocycles. The van der Waals surface area contributed by atoms with Crippen molar-refractivity contribution in [3.8, 4) is 0 Å². The maximum atomic E-state index is 13.1. The number of carbonyl (C=O) groups excluding carboxylic acids is 3. The second kappa shape index (κ2) is 6.38. The molecule has 0 unspecified atom stereocenters. The average molecular weight is 329 g/mol. The predicted octanol–water partition coefficient (Wildman–Crippen LogP) is 3.47. The maximum absolute atomic E-state index is 13.1. The number of fused-ring (bicyclic) bond motifs is 2. The van der Waals surface area contributed by atoms with Crippen LogP contribution in [0.4, 0.5) is 10.5 Å². The molecule has 2 aliphatic rings. The molecule has 0 aromatic heterocycles. The van der Waals surface area contributed by atoms with E-state index in [1.807, 2.05) is 13.8 Å². The maximum Gasteiger partial charge on any atom is 0.414 e. The highest BCUT2D eigenvalue weighted by Gasteiger charge is 2.51. The first-order valence-electron chi connectivity index (χ1n) is 8.56. The Balaban J connectivity index is 2.13. The monoisotopic (exact) mass is 329 g/mol. The van der Waals surface area contributed by atoms with Crippen LogP contribution in [0, 0.1) is 17.8 Å². The Bertz CT molecular complexity index is 682. The van der Waals surface area contributed by atoms with Crippen molar-refractivity contribution < 1.29 is 19.1 Å². The lowest BCUT2D eigenvalue weighted by Crippen LogP contribution is -2.57. The SMILES string of the molecule is CCOC(=O)N1c2ccccc2C(=O)[C@@H]2[C@H](C(C)C)CC(=O)C[C@@H]21. The Morgan fingerprint density at radius 2 is 1.96 bits per heavy atom. The molecule has 0 radical (unpaired) electrons. The summed E-state index contributed by atoms with van der Waals surface area (Å²) in [7, 11) is 0. The summed E-state index contributed by atoms with van der Waals surface area (Å²) in [6.45, 7) is 6.06. The fourth-order valence-corrected chi connectivity index (χ4v) is 4.07. The molecule has 1 saturated carbocycles. The molecular weight excluding hydrogens is 306 g/mol. The Labute approximate surface area is 142 Å². The quantitative estimate of drug-likeness (QED) is 0.833. The Kier molecular flexibility index (Phi) is 4.43. The minimum atomic E-state index is -0.482. The van der Waals surface area contributed by atoms with Crippen molar-refractivity contribution in [2.75, 3.05) is 11.5 Å². The number of rotatable bonds is 2. The topological polar surface area (TPSA) is 63.7 Å². The normalized spacial score (nSPS) is 26.2. The molecule has 1 heterocycles. The zero-order chi connectivity index (χ0) is 17.4. The van der Waals surface area contributed by atoms with Crippen molar-refractivity contribution in [1.29, 1.82) is 0 Å². The summed E-state index contributed by atoms with van der Waals surface area (Å²) >= 11 is 0. The van der Waals surface area contributed by atoms with E-state index in [2.05, 4.69) is 0 Å². The van der Waals surface area contributed by atoms with Gasteiger partial charge in [-0.3, -0.25) is 14.5 Å². The van der Waals surface area contributed by atoms with Crippen molar-refractivity contribution in [2.24, 2.45) is 17.8 Å². The van der Waals surface area contributed by atoms with Gasteiger partial charge in [-0.25, -0.2) is 4.79 Å². The van der Waals surface area contributed by atoms with E-state index in [0.29, 0.717) is 17.7 Å². The van der Waals surface area contributed by atoms with Gasteiger partial charge in [0.15, 0.2) is 5.78 Å². The van der Waals surface area contributed by atoms with Gasteiger partial charge in [0.2, 0.25) is 0 Å². The van der Waals surface area contributed by atoms with Crippen LogP contribution in [-0.4, -0.2) is 30.3 Å². The summed E-state index contributed by atoms with van der Waals surface area (Å²) in [5.74, 6) is -0.0465. The number of anilines is 1. The van der Waals surface area contributed by atoms with Gasteiger partial charge in [0, 0.05) is 24.3 Å². The van der Waals surface area contributed by atoms with Crippen molar-refractivity contribution in [1.82, 2.24) is 0 Å². The third-order valence-electron chi connectivity index (χ3n) is 5.16. The first-order chi connectivity index (χ1) is 11.5. The third-order valence-corrected chi connectivity index (χ3v) is 5.16. The fourth-order valence-electron chi connectivity index (χ4n) is 4.07. The number of nitrogens with zero attached hydrogens (tertiary/aromatic N) is 1. The Hall–Kier alpha value is -2.17. The molecule has 1 aromatic carbocycles. The number of para-hydroxylation sites is 1. The molecule has 0 N–H and O–H groups in total. The standard InChI is InChI=1S/C19H23NO4/c1-4-24-19(23)20-15-8-6-5-7-13(15)18(22)17-14(11(2)3)9-12(21)10-16(17)20/h5-8,11,14,16-17H,4,9-10H2,1-3H3/t14-,16-,17+/m0/s1. The summed E-state index contributed by atoms with van der Waals surface area (Å²) in [4.78, 5) is 39.5. The van der Waals surface area contributed by atoms with Crippen LogP contribution in [0.15, 0.2) is 24.3 Å². The van der Waals surface area contributed by atoms with E-state index in [-0.39, 0.29) is 42.3 Å². The lowest BCUT2D eigenvalue weighted by Gasteiger charge is -2.46. The third kappa shape index (κ3) is 2.62. The molecule has 1 aromatic rings. The number of ether oxygens (including phenoxy) is 1. The van der Waals surface area contributed by atoms with E-state index < -0.39 is 12.1 Å². The van der Waals surface area contributed by atoms with Crippen LogP contribution < -0.4 is 4.90 Å². The van der Waals surface area contributed by atoms with Crippen LogP contribution in [0.2, 0.25) is 0 Å². The Morgan fingerprint density at radius 3 is 2.62 bits per heavy atom. The van der Waals surface area contributed by atoms with Crippen LogP contribution in [0.5, 0.6) is 0 Å². The molecule has 0 spiro atoms. The lowest BCUT2D eigenvalue weighted by molar-refractivity contribution is -0.123. The van der Waals surface area contributed by atoms with E-state index in [9.17, 15) is 14.4 Å². The van der Waals surface area contributed by atoms with Crippen LogP contribution >= 0.6 is 0 Å². The van der Waals surface area contributed by atoms with E-state index in [4.69, 9.17) is 4.74 Å². The molecule has 24 heavy (non-hydrogen) atoms. The first-order valence-corrected chi connectivity index (χ1v) is 8.56. The predicted molar refractivity (Wildman–Crippen MR) is 90.1 cm³/mol. The molecule has 1 aliphatic heterocycles. The number of carbonyl (C=O) groups is 3. The van der Waals surface area contributed by atoms with Crippen LogP contribution in [-0.2, 0) is 9.53 Å². The van der Waals surface area contributed by atoms with E-state index in [1.165, 1.54) is 4.90 Å². The molecule has 1 fully saturated rings. The first kappa shape index (κ1) is 16.7. The van der Waals surface area contributed by atoms with Gasteiger partial charge in [-0.2, -0.15) is 0 Å². The van der Waals surface area contributed by atoms with Gasteiger partial charge < -0.3 is 4.74 Å². The van der Waals surface area contributed by atoms with Gasteiger partial charge in [-0.05, 0) is 30.9 Å². The second-order valence-corrected chi connectivity index (χ2v) is 6.90. The smallest absolute Gasteiger partial charge is 0.414 e. The number of ketones is 2. The number of amides is 1. The van der Waals surface area contributed by atoms with Gasteiger partial charge in [-0.1, -0.05) is 26.0 Å². The molecule has 0 bridgehead atoms. The minimum absolute atomic E-state index is 0.0438. The van der Waals surface area contributed by atoms with Gasteiger partial charge in [-0.15, -0.1) is 0 Å². The number of Topliss-reactive ketones (excluding diaryl/α,β-unsaturated/α-hetero) is 2.